The molecule has 1 unspecified atom stereocenters. The maximum atomic E-state index is 9.86. The highest BCUT2D eigenvalue weighted by Crippen LogP contribution is 2.39. The van der Waals surface area contributed by atoms with E-state index in [0.717, 1.165) is 45.3 Å². The number of likely N-dealkylation sites (tertiary alicyclic amines) is 1. The minimum atomic E-state index is 0.159. The van der Waals surface area contributed by atoms with E-state index in [1.807, 2.05) is 24.3 Å². The Morgan fingerprint density at radius 3 is 2.50 bits per heavy atom. The van der Waals surface area contributed by atoms with Crippen LogP contribution in [0.2, 0.25) is 0 Å². The smallest absolute Gasteiger partial charge is 0.115 e. The largest absolute Gasteiger partial charge is 0.508 e. The van der Waals surface area contributed by atoms with Crippen LogP contribution >= 0.6 is 0 Å². The third-order valence-corrected chi connectivity index (χ3v) is 5.25. The fourth-order valence-electron chi connectivity index (χ4n) is 4.05. The summed E-state index contributed by atoms with van der Waals surface area (Å²) in [6.07, 6.45) is 4.40. The zero-order chi connectivity index (χ0) is 17.0. The number of phenols is 2. The molecule has 3 rings (SSSR count). The van der Waals surface area contributed by atoms with Crippen LogP contribution in [0, 0.1) is 0 Å². The van der Waals surface area contributed by atoms with Crippen molar-refractivity contribution in [2.24, 2.45) is 0 Å². The molecule has 2 aromatic rings. The van der Waals surface area contributed by atoms with Gasteiger partial charge in [-0.25, -0.2) is 0 Å². The second kappa shape index (κ2) is 7.27. The molecule has 1 aliphatic heterocycles. The summed E-state index contributed by atoms with van der Waals surface area (Å²) < 4.78 is 0. The molecule has 1 fully saturated rings. The van der Waals surface area contributed by atoms with E-state index in [-0.39, 0.29) is 5.41 Å². The molecule has 128 valence electrons. The Labute approximate surface area is 144 Å². The SMILES string of the molecule is CCCC1(c2cccc(O)c2)CCN(CCc2cccc(O)c2)C1. The third kappa shape index (κ3) is 3.73. The number of aromatic hydroxyl groups is 2. The lowest BCUT2D eigenvalue weighted by molar-refractivity contribution is 0.304. The number of nitrogens with zero attached hydrogens (tertiary/aromatic N) is 1. The molecule has 24 heavy (non-hydrogen) atoms. The summed E-state index contributed by atoms with van der Waals surface area (Å²) in [7, 11) is 0. The highest BCUT2D eigenvalue weighted by molar-refractivity contribution is 5.34. The van der Waals surface area contributed by atoms with Gasteiger partial charge in [-0.3, -0.25) is 0 Å². The van der Waals surface area contributed by atoms with E-state index in [2.05, 4.69) is 24.0 Å². The first-order chi connectivity index (χ1) is 11.6. The Hall–Kier alpha value is -2.00. The standard InChI is InChI=1S/C21H27NO2/c1-2-10-21(18-6-4-8-20(24)15-18)11-13-22(16-21)12-9-17-5-3-7-19(23)14-17/h3-8,14-15,23-24H,2,9-13,16H2,1H3. The predicted molar refractivity (Wildman–Crippen MR) is 97.6 cm³/mol. The molecule has 0 amide bonds. The summed E-state index contributed by atoms with van der Waals surface area (Å²) in [4.78, 5) is 2.52. The van der Waals surface area contributed by atoms with E-state index < -0.39 is 0 Å². The fraction of sp³-hybridized carbons (Fsp3) is 0.429. The molecule has 1 aliphatic rings. The first-order valence-electron chi connectivity index (χ1n) is 8.91. The number of benzene rings is 2. The Morgan fingerprint density at radius 2 is 1.79 bits per heavy atom. The number of hydrogen-bond acceptors (Lipinski definition) is 3. The Bertz CT molecular complexity index is 685. The van der Waals surface area contributed by atoms with Gasteiger partial charge in [-0.05, 0) is 61.2 Å². The van der Waals surface area contributed by atoms with Gasteiger partial charge in [0.15, 0.2) is 0 Å². The van der Waals surface area contributed by atoms with Crippen molar-refractivity contribution >= 4 is 0 Å². The van der Waals surface area contributed by atoms with E-state index >= 15 is 0 Å². The Balaban J connectivity index is 1.69. The molecule has 3 heteroatoms. The zero-order valence-corrected chi connectivity index (χ0v) is 14.4. The van der Waals surface area contributed by atoms with Gasteiger partial charge < -0.3 is 15.1 Å². The molecule has 1 atom stereocenters. The highest BCUT2D eigenvalue weighted by Gasteiger charge is 2.38. The Kier molecular flexibility index (Phi) is 5.10. The van der Waals surface area contributed by atoms with E-state index in [1.54, 1.807) is 12.1 Å². The number of phenolic OH excluding ortho intramolecular Hbond substituents is 2. The van der Waals surface area contributed by atoms with E-state index in [0.29, 0.717) is 11.5 Å². The van der Waals surface area contributed by atoms with E-state index in [1.165, 1.54) is 11.1 Å². The monoisotopic (exact) mass is 325 g/mol. The first kappa shape index (κ1) is 16.8. The van der Waals surface area contributed by atoms with E-state index in [4.69, 9.17) is 0 Å². The van der Waals surface area contributed by atoms with Crippen molar-refractivity contribution in [1.29, 1.82) is 0 Å². The molecule has 0 saturated carbocycles. The first-order valence-corrected chi connectivity index (χ1v) is 8.91. The minimum absolute atomic E-state index is 0.159. The van der Waals surface area contributed by atoms with Crippen LogP contribution in [0.4, 0.5) is 0 Å². The lowest BCUT2D eigenvalue weighted by Gasteiger charge is -2.30. The molecule has 3 nitrogen and oxygen atoms in total. The molecule has 0 aromatic heterocycles. The molecule has 2 aromatic carbocycles. The average molecular weight is 325 g/mol. The molecular weight excluding hydrogens is 298 g/mol. The van der Waals surface area contributed by atoms with Crippen molar-refractivity contribution < 1.29 is 10.2 Å². The molecule has 1 heterocycles. The summed E-state index contributed by atoms with van der Waals surface area (Å²) >= 11 is 0. The number of hydrogen-bond donors (Lipinski definition) is 2. The number of rotatable bonds is 6. The molecule has 0 bridgehead atoms. The van der Waals surface area contributed by atoms with Gasteiger partial charge in [0.25, 0.3) is 0 Å². The van der Waals surface area contributed by atoms with Crippen LogP contribution in [0.25, 0.3) is 0 Å². The van der Waals surface area contributed by atoms with Gasteiger partial charge in [0.1, 0.15) is 11.5 Å². The molecule has 1 saturated heterocycles. The van der Waals surface area contributed by atoms with Crippen LogP contribution in [0.5, 0.6) is 11.5 Å². The van der Waals surface area contributed by atoms with E-state index in [9.17, 15) is 10.2 Å². The van der Waals surface area contributed by atoms with Crippen molar-refractivity contribution in [3.63, 3.8) is 0 Å². The van der Waals surface area contributed by atoms with Crippen molar-refractivity contribution in [3.05, 3.63) is 59.7 Å². The Morgan fingerprint density at radius 1 is 1.04 bits per heavy atom. The molecule has 2 N–H and O–H groups in total. The van der Waals surface area contributed by atoms with Gasteiger partial charge in [-0.15, -0.1) is 0 Å². The van der Waals surface area contributed by atoms with Crippen LogP contribution in [0.3, 0.4) is 0 Å². The van der Waals surface area contributed by atoms with Crippen LogP contribution in [0.1, 0.15) is 37.3 Å². The summed E-state index contributed by atoms with van der Waals surface area (Å²) in [5.41, 5.74) is 2.61. The topological polar surface area (TPSA) is 43.7 Å². The highest BCUT2D eigenvalue weighted by atomic mass is 16.3. The van der Waals surface area contributed by atoms with Crippen molar-refractivity contribution in [3.8, 4) is 11.5 Å². The lowest BCUT2D eigenvalue weighted by atomic mass is 9.76. The zero-order valence-electron chi connectivity index (χ0n) is 14.4. The van der Waals surface area contributed by atoms with Gasteiger partial charge in [0, 0.05) is 18.5 Å². The fourth-order valence-corrected chi connectivity index (χ4v) is 4.05. The van der Waals surface area contributed by atoms with Gasteiger partial charge in [-0.2, -0.15) is 0 Å². The molecule has 0 radical (unpaired) electrons. The molecular formula is C21H27NO2. The van der Waals surface area contributed by atoms with Crippen LogP contribution in [-0.2, 0) is 11.8 Å². The molecule has 0 aliphatic carbocycles. The summed E-state index contributed by atoms with van der Waals surface area (Å²) in [5.74, 6) is 0.704. The molecule has 0 spiro atoms. The van der Waals surface area contributed by atoms with Crippen LogP contribution in [-0.4, -0.2) is 34.7 Å². The van der Waals surface area contributed by atoms with Crippen molar-refractivity contribution in [2.75, 3.05) is 19.6 Å². The quantitative estimate of drug-likeness (QED) is 0.841. The van der Waals surface area contributed by atoms with Crippen LogP contribution < -0.4 is 0 Å². The third-order valence-electron chi connectivity index (χ3n) is 5.25. The predicted octanol–water partition coefficient (Wildman–Crippen LogP) is 4.08. The van der Waals surface area contributed by atoms with Gasteiger partial charge in [0.2, 0.25) is 0 Å². The summed E-state index contributed by atoms with van der Waals surface area (Å²) in [6.45, 7) is 5.38. The van der Waals surface area contributed by atoms with Crippen molar-refractivity contribution in [2.45, 2.75) is 38.0 Å². The van der Waals surface area contributed by atoms with Gasteiger partial charge >= 0.3 is 0 Å². The maximum Gasteiger partial charge on any atom is 0.115 e. The maximum absolute atomic E-state index is 9.86. The second-order valence-electron chi connectivity index (χ2n) is 7.03. The normalized spacial score (nSPS) is 21.2. The second-order valence-corrected chi connectivity index (χ2v) is 7.03. The summed E-state index contributed by atoms with van der Waals surface area (Å²) in [5, 5.41) is 19.5. The van der Waals surface area contributed by atoms with Crippen molar-refractivity contribution in [1.82, 2.24) is 4.90 Å². The lowest BCUT2D eigenvalue weighted by Crippen LogP contribution is -2.32. The van der Waals surface area contributed by atoms with Gasteiger partial charge in [0.05, 0.1) is 0 Å². The minimum Gasteiger partial charge on any atom is -0.508 e. The summed E-state index contributed by atoms with van der Waals surface area (Å²) in [6, 6.07) is 15.4. The van der Waals surface area contributed by atoms with Crippen LogP contribution in [0.15, 0.2) is 48.5 Å². The average Bonchev–Trinajstić information content (AvgIpc) is 2.98. The van der Waals surface area contributed by atoms with Gasteiger partial charge in [-0.1, -0.05) is 37.6 Å².